The quantitative estimate of drug-likeness (QED) is 0.285. The lowest BCUT2D eigenvalue weighted by Gasteiger charge is -2.23. The van der Waals surface area contributed by atoms with Crippen LogP contribution in [-0.2, 0) is 7.05 Å². The van der Waals surface area contributed by atoms with Crippen molar-refractivity contribution < 1.29 is 0 Å². The van der Waals surface area contributed by atoms with Crippen LogP contribution in [0.3, 0.4) is 0 Å². The number of para-hydroxylation sites is 1. The van der Waals surface area contributed by atoms with E-state index < -0.39 is 0 Å². The lowest BCUT2D eigenvalue weighted by Crippen LogP contribution is -2.05. The normalized spacial score (nSPS) is 16.2. The molecule has 1 aliphatic carbocycles. The molecule has 1 aliphatic rings. The third kappa shape index (κ3) is 2.17. The molecule has 0 spiro atoms. The fourth-order valence-corrected chi connectivity index (χ4v) is 6.50. The van der Waals surface area contributed by atoms with Crippen LogP contribution in [0.25, 0.3) is 42.0 Å². The van der Waals surface area contributed by atoms with Crippen molar-refractivity contribution >= 4 is 53.3 Å². The molecule has 0 saturated heterocycles. The Bertz CT molecular complexity index is 1310. The zero-order chi connectivity index (χ0) is 18.0. The van der Waals surface area contributed by atoms with Crippen LogP contribution in [0.15, 0.2) is 54.6 Å². The first-order valence-corrected chi connectivity index (χ1v) is 11.0. The average molecular weight is 370 g/mol. The molecule has 1 fully saturated rings. The van der Waals surface area contributed by atoms with Gasteiger partial charge in [-0.05, 0) is 42.5 Å². The summed E-state index contributed by atoms with van der Waals surface area (Å²) in [6.07, 6.45) is 6.84. The summed E-state index contributed by atoms with van der Waals surface area (Å²) in [4.78, 5) is 0. The van der Waals surface area contributed by atoms with Gasteiger partial charge in [0, 0.05) is 43.5 Å². The minimum absolute atomic E-state index is 0.710. The third-order valence-electron chi connectivity index (χ3n) is 6.59. The summed E-state index contributed by atoms with van der Waals surface area (Å²) >= 11 is 1.96. The Kier molecular flexibility index (Phi) is 3.40. The van der Waals surface area contributed by atoms with Gasteiger partial charge in [0.05, 0.1) is 5.52 Å². The molecule has 0 atom stereocenters. The first-order valence-electron chi connectivity index (χ1n) is 10.1. The molecular weight excluding hydrogens is 346 g/mol. The van der Waals surface area contributed by atoms with Gasteiger partial charge in [-0.1, -0.05) is 55.7 Å². The van der Waals surface area contributed by atoms with E-state index in [1.54, 1.807) is 5.56 Å². The Morgan fingerprint density at radius 3 is 2.41 bits per heavy atom. The SMILES string of the molecule is Cn1c2ccccc2c2c(C3CCCCC3)cc3sc4ccccc4c3c21. The molecule has 0 unspecified atom stereocenters. The zero-order valence-corrected chi connectivity index (χ0v) is 16.5. The Morgan fingerprint density at radius 2 is 1.56 bits per heavy atom. The molecule has 6 rings (SSSR count). The maximum absolute atomic E-state index is 2.55. The molecule has 1 saturated carbocycles. The van der Waals surface area contributed by atoms with Gasteiger partial charge in [0.2, 0.25) is 0 Å². The number of rotatable bonds is 1. The number of thiophene rings is 1. The molecule has 0 radical (unpaired) electrons. The van der Waals surface area contributed by atoms with E-state index in [1.165, 1.54) is 74.1 Å². The van der Waals surface area contributed by atoms with Gasteiger partial charge in [-0.25, -0.2) is 0 Å². The second-order valence-corrected chi connectivity index (χ2v) is 9.16. The van der Waals surface area contributed by atoms with E-state index in [0.717, 1.165) is 0 Å². The van der Waals surface area contributed by atoms with Crippen molar-refractivity contribution in [3.63, 3.8) is 0 Å². The zero-order valence-electron chi connectivity index (χ0n) is 15.7. The highest BCUT2D eigenvalue weighted by Gasteiger charge is 2.24. The van der Waals surface area contributed by atoms with Crippen molar-refractivity contribution in [2.45, 2.75) is 38.0 Å². The molecule has 0 N–H and O–H groups in total. The predicted octanol–water partition coefficient (Wildman–Crippen LogP) is 7.75. The standard InChI is InChI=1S/C25H23NS/c1-26-20-13-7-5-11-17(20)23-19(16-9-3-2-4-10-16)15-22-24(25(23)26)18-12-6-8-14-21(18)27-22/h5-8,11-16H,2-4,9-10H2,1H3. The molecule has 134 valence electrons. The minimum atomic E-state index is 0.710. The molecule has 2 aromatic heterocycles. The molecule has 2 heteroatoms. The Balaban J connectivity index is 1.86. The van der Waals surface area contributed by atoms with Crippen molar-refractivity contribution in [3.8, 4) is 0 Å². The molecule has 2 heterocycles. The monoisotopic (exact) mass is 369 g/mol. The number of aromatic nitrogens is 1. The first-order chi connectivity index (χ1) is 13.3. The Morgan fingerprint density at radius 1 is 0.815 bits per heavy atom. The molecule has 3 aromatic carbocycles. The van der Waals surface area contributed by atoms with Gasteiger partial charge in [-0.15, -0.1) is 11.3 Å². The average Bonchev–Trinajstić information content (AvgIpc) is 3.24. The fourth-order valence-electron chi connectivity index (χ4n) is 5.34. The van der Waals surface area contributed by atoms with Crippen molar-refractivity contribution in [1.82, 2.24) is 4.57 Å². The van der Waals surface area contributed by atoms with Crippen LogP contribution in [-0.4, -0.2) is 4.57 Å². The van der Waals surface area contributed by atoms with E-state index in [2.05, 4.69) is 66.2 Å². The number of aryl methyl sites for hydroxylation is 1. The second-order valence-electron chi connectivity index (χ2n) is 8.07. The van der Waals surface area contributed by atoms with Gasteiger partial charge >= 0.3 is 0 Å². The van der Waals surface area contributed by atoms with Crippen molar-refractivity contribution in [1.29, 1.82) is 0 Å². The summed E-state index contributed by atoms with van der Waals surface area (Å²) in [5.74, 6) is 0.710. The van der Waals surface area contributed by atoms with E-state index in [1.807, 2.05) is 11.3 Å². The molecular formula is C25H23NS. The van der Waals surface area contributed by atoms with Gasteiger partial charge in [0.1, 0.15) is 0 Å². The Labute approximate surface area is 163 Å². The van der Waals surface area contributed by atoms with Crippen molar-refractivity contribution in [2.24, 2.45) is 7.05 Å². The summed E-state index contributed by atoms with van der Waals surface area (Å²) in [6, 6.07) is 20.4. The maximum atomic E-state index is 2.55. The lowest BCUT2D eigenvalue weighted by molar-refractivity contribution is 0.446. The second kappa shape index (κ2) is 5.84. The topological polar surface area (TPSA) is 4.93 Å². The minimum Gasteiger partial charge on any atom is -0.343 e. The Hall–Kier alpha value is -2.32. The van der Waals surface area contributed by atoms with Gasteiger partial charge < -0.3 is 4.57 Å². The van der Waals surface area contributed by atoms with Gasteiger partial charge in [0.15, 0.2) is 0 Å². The predicted molar refractivity (Wildman–Crippen MR) is 119 cm³/mol. The van der Waals surface area contributed by atoms with Crippen LogP contribution in [0.2, 0.25) is 0 Å². The highest BCUT2D eigenvalue weighted by molar-refractivity contribution is 7.26. The molecule has 5 aromatic rings. The molecule has 0 amide bonds. The summed E-state index contributed by atoms with van der Waals surface area (Å²) in [6.45, 7) is 0. The van der Waals surface area contributed by atoms with Crippen molar-refractivity contribution in [2.75, 3.05) is 0 Å². The summed E-state index contributed by atoms with van der Waals surface area (Å²) < 4.78 is 5.30. The summed E-state index contributed by atoms with van der Waals surface area (Å²) in [5, 5.41) is 5.79. The highest BCUT2D eigenvalue weighted by Crippen LogP contribution is 2.47. The third-order valence-corrected chi connectivity index (χ3v) is 7.70. The van der Waals surface area contributed by atoms with Gasteiger partial charge in [-0.2, -0.15) is 0 Å². The molecule has 0 bridgehead atoms. The smallest absolute Gasteiger partial charge is 0.0586 e. The summed E-state index contributed by atoms with van der Waals surface area (Å²) in [7, 11) is 2.25. The number of hydrogen-bond donors (Lipinski definition) is 0. The number of benzene rings is 3. The lowest BCUT2D eigenvalue weighted by atomic mass is 9.82. The highest BCUT2D eigenvalue weighted by atomic mass is 32.1. The van der Waals surface area contributed by atoms with E-state index in [9.17, 15) is 0 Å². The molecule has 0 aliphatic heterocycles. The van der Waals surface area contributed by atoms with Crippen LogP contribution in [0.1, 0.15) is 43.6 Å². The van der Waals surface area contributed by atoms with Crippen LogP contribution < -0.4 is 0 Å². The van der Waals surface area contributed by atoms with Crippen LogP contribution >= 0.6 is 11.3 Å². The number of nitrogens with zero attached hydrogens (tertiary/aromatic N) is 1. The van der Waals surface area contributed by atoms with E-state index in [4.69, 9.17) is 0 Å². The molecule has 1 nitrogen and oxygen atoms in total. The van der Waals surface area contributed by atoms with E-state index in [-0.39, 0.29) is 0 Å². The first kappa shape index (κ1) is 15.7. The van der Waals surface area contributed by atoms with Crippen LogP contribution in [0.5, 0.6) is 0 Å². The fraction of sp³-hybridized carbons (Fsp3) is 0.280. The van der Waals surface area contributed by atoms with E-state index >= 15 is 0 Å². The van der Waals surface area contributed by atoms with Crippen molar-refractivity contribution in [3.05, 3.63) is 60.2 Å². The van der Waals surface area contributed by atoms with E-state index in [0.29, 0.717) is 5.92 Å². The summed E-state index contributed by atoms with van der Waals surface area (Å²) in [5.41, 5.74) is 4.39. The maximum Gasteiger partial charge on any atom is 0.0586 e. The largest absolute Gasteiger partial charge is 0.343 e. The van der Waals surface area contributed by atoms with Gasteiger partial charge in [-0.3, -0.25) is 0 Å². The van der Waals surface area contributed by atoms with Crippen LogP contribution in [0, 0.1) is 0 Å². The van der Waals surface area contributed by atoms with Crippen LogP contribution in [0.4, 0.5) is 0 Å². The molecule has 27 heavy (non-hydrogen) atoms. The number of fused-ring (bicyclic) bond motifs is 7. The van der Waals surface area contributed by atoms with Gasteiger partial charge in [0.25, 0.3) is 0 Å². The number of hydrogen-bond acceptors (Lipinski definition) is 1.